The Morgan fingerprint density at radius 3 is 2.56 bits per heavy atom. The summed E-state index contributed by atoms with van der Waals surface area (Å²) in [5, 5.41) is 18.2. The Bertz CT molecular complexity index is 1650. The Labute approximate surface area is 262 Å². The lowest BCUT2D eigenvalue weighted by Crippen LogP contribution is -2.52. The van der Waals surface area contributed by atoms with E-state index in [9.17, 15) is 32.8 Å². The number of rotatable bonds is 8. The highest BCUT2D eigenvalue weighted by molar-refractivity contribution is 6.30. The number of amides is 3. The maximum absolute atomic E-state index is 14.1. The zero-order valence-corrected chi connectivity index (χ0v) is 24.8. The number of piperidine rings is 2. The highest BCUT2D eigenvalue weighted by Gasteiger charge is 2.37. The summed E-state index contributed by atoms with van der Waals surface area (Å²) in [5.41, 5.74) is 1.19. The normalized spacial score (nSPS) is 17.5. The van der Waals surface area contributed by atoms with Gasteiger partial charge in [0.1, 0.15) is 11.9 Å². The Hall–Kier alpha value is -4.47. The van der Waals surface area contributed by atoms with Crippen molar-refractivity contribution in [3.8, 4) is 17.2 Å². The van der Waals surface area contributed by atoms with Crippen LogP contribution >= 0.6 is 11.6 Å². The molecule has 3 heterocycles. The lowest BCUT2D eigenvalue weighted by molar-refractivity contribution is -0.137. The van der Waals surface area contributed by atoms with E-state index in [0.717, 1.165) is 11.6 Å². The first-order valence-electron chi connectivity index (χ1n) is 14.5. The first kappa shape index (κ1) is 31.9. The predicted molar refractivity (Wildman–Crippen MR) is 161 cm³/mol. The molecule has 1 unspecified atom stereocenters. The van der Waals surface area contributed by atoms with E-state index >= 15 is 0 Å². The number of halogens is 4. The van der Waals surface area contributed by atoms with Crippen molar-refractivity contribution in [3.63, 3.8) is 0 Å². The molecule has 13 heteroatoms. The molecule has 0 spiro atoms. The van der Waals surface area contributed by atoms with Crippen molar-refractivity contribution in [1.82, 2.24) is 20.9 Å². The van der Waals surface area contributed by atoms with E-state index in [1.807, 2.05) is 6.07 Å². The van der Waals surface area contributed by atoms with Crippen LogP contribution < -0.4 is 20.9 Å². The summed E-state index contributed by atoms with van der Waals surface area (Å²) in [5.74, 6) is -1.39. The van der Waals surface area contributed by atoms with E-state index < -0.39 is 35.5 Å². The number of alkyl halides is 3. The second-order valence-corrected chi connectivity index (χ2v) is 11.6. The van der Waals surface area contributed by atoms with Crippen molar-refractivity contribution in [2.24, 2.45) is 5.92 Å². The molecule has 0 saturated carbocycles. The maximum Gasteiger partial charge on any atom is 0.419 e. The first-order chi connectivity index (χ1) is 21.5. The highest BCUT2D eigenvalue weighted by Crippen LogP contribution is 2.39. The summed E-state index contributed by atoms with van der Waals surface area (Å²) in [6.07, 6.45) is -1.47. The molecule has 234 valence electrons. The number of hydrogen-bond donors (Lipinski definition) is 3. The van der Waals surface area contributed by atoms with Gasteiger partial charge in [-0.25, -0.2) is 4.98 Å². The summed E-state index contributed by atoms with van der Waals surface area (Å²) in [7, 11) is 0. The monoisotopic (exact) mass is 638 g/mol. The van der Waals surface area contributed by atoms with Crippen molar-refractivity contribution in [2.45, 2.75) is 44.4 Å². The predicted octanol–water partition coefficient (Wildman–Crippen LogP) is 4.83. The van der Waals surface area contributed by atoms with E-state index in [1.54, 1.807) is 41.3 Å². The lowest BCUT2D eigenvalue weighted by atomic mass is 9.96. The van der Waals surface area contributed by atoms with Crippen LogP contribution in [0.25, 0.3) is 11.1 Å². The van der Waals surface area contributed by atoms with Crippen LogP contribution in [-0.2, 0) is 22.3 Å². The van der Waals surface area contributed by atoms with Crippen molar-refractivity contribution in [3.05, 3.63) is 82.0 Å². The second-order valence-electron chi connectivity index (χ2n) is 11.1. The molecule has 5 rings (SSSR count). The van der Waals surface area contributed by atoms with E-state index in [1.165, 1.54) is 12.3 Å². The van der Waals surface area contributed by atoms with Crippen molar-refractivity contribution in [1.29, 1.82) is 5.26 Å². The van der Waals surface area contributed by atoms with Gasteiger partial charge >= 0.3 is 6.18 Å². The largest absolute Gasteiger partial charge is 0.419 e. The molecule has 2 saturated heterocycles. The molecule has 1 aromatic heterocycles. The molecule has 0 radical (unpaired) electrons. The van der Waals surface area contributed by atoms with Gasteiger partial charge in [-0.2, -0.15) is 18.4 Å². The van der Waals surface area contributed by atoms with E-state index in [4.69, 9.17) is 11.6 Å². The quantitative estimate of drug-likeness (QED) is 0.302. The van der Waals surface area contributed by atoms with Crippen LogP contribution in [0.1, 0.15) is 52.7 Å². The number of hydrogen-bond acceptors (Lipinski definition) is 7. The summed E-state index contributed by atoms with van der Waals surface area (Å²) in [6.45, 7) is 1.90. The maximum atomic E-state index is 14.1. The van der Waals surface area contributed by atoms with E-state index in [0.29, 0.717) is 55.2 Å². The molecule has 0 bridgehead atoms. The van der Waals surface area contributed by atoms with E-state index in [-0.39, 0.29) is 35.7 Å². The number of carbonyl (C=O) groups is 3. The zero-order chi connectivity index (χ0) is 32.1. The standard InChI is InChI=1S/C32H30ClF3N6O3/c33-24-3-1-2-21(13-24)23-14-26(32(34,35)36)29(39-18-23)42-10-8-19(9-11-42)16-38-17-20-4-5-25(22(12-20)15-37)30(44)40-27-6-7-28(43)41-31(27)45/h1-5,12-14,18-19,27,38H,6-11,16-17H2,(H,40,44)(H,41,43,45). The van der Waals surface area contributed by atoms with Gasteiger partial charge in [0.25, 0.3) is 5.91 Å². The molecular formula is C32H30ClF3N6O3. The number of aromatic nitrogens is 1. The van der Waals surface area contributed by atoms with Crippen LogP contribution in [0.4, 0.5) is 19.0 Å². The molecule has 0 aliphatic carbocycles. The van der Waals surface area contributed by atoms with Gasteiger partial charge in [0, 0.05) is 42.8 Å². The molecular weight excluding hydrogens is 609 g/mol. The van der Waals surface area contributed by atoms with Crippen LogP contribution in [0.15, 0.2) is 54.7 Å². The second kappa shape index (κ2) is 13.7. The van der Waals surface area contributed by atoms with Gasteiger partial charge in [-0.1, -0.05) is 29.8 Å². The van der Waals surface area contributed by atoms with Gasteiger partial charge in [-0.05, 0) is 73.2 Å². The third kappa shape index (κ3) is 7.79. The average molecular weight is 639 g/mol. The minimum atomic E-state index is -4.57. The summed E-state index contributed by atoms with van der Waals surface area (Å²) in [6, 6.07) is 13.8. The fourth-order valence-electron chi connectivity index (χ4n) is 5.57. The average Bonchev–Trinajstić information content (AvgIpc) is 3.02. The molecule has 2 aromatic carbocycles. The topological polar surface area (TPSA) is 127 Å². The van der Waals surface area contributed by atoms with Crippen molar-refractivity contribution >= 4 is 35.1 Å². The number of nitrogens with one attached hydrogen (secondary N) is 3. The van der Waals surface area contributed by atoms with Crippen LogP contribution in [0.2, 0.25) is 5.02 Å². The number of nitriles is 1. The van der Waals surface area contributed by atoms with Gasteiger partial charge in [-0.3, -0.25) is 19.7 Å². The van der Waals surface area contributed by atoms with Gasteiger partial charge in [0.2, 0.25) is 11.8 Å². The summed E-state index contributed by atoms with van der Waals surface area (Å²) in [4.78, 5) is 42.0. The van der Waals surface area contributed by atoms with Gasteiger partial charge in [-0.15, -0.1) is 0 Å². The van der Waals surface area contributed by atoms with Crippen molar-refractivity contribution in [2.75, 3.05) is 24.5 Å². The fourth-order valence-corrected chi connectivity index (χ4v) is 5.76. The summed E-state index contributed by atoms with van der Waals surface area (Å²) >= 11 is 6.03. The van der Waals surface area contributed by atoms with E-state index in [2.05, 4.69) is 20.9 Å². The minimum absolute atomic E-state index is 0.0783. The minimum Gasteiger partial charge on any atom is -0.356 e. The van der Waals surface area contributed by atoms with Gasteiger partial charge in [0.15, 0.2) is 0 Å². The highest BCUT2D eigenvalue weighted by atomic mass is 35.5. The number of pyridine rings is 1. The molecule has 3 N–H and O–H groups in total. The number of benzene rings is 2. The molecule has 2 aliphatic rings. The van der Waals surface area contributed by atoms with Crippen LogP contribution in [0.5, 0.6) is 0 Å². The van der Waals surface area contributed by atoms with Crippen LogP contribution in [0.3, 0.4) is 0 Å². The molecule has 2 fully saturated rings. The number of imide groups is 1. The van der Waals surface area contributed by atoms with Gasteiger partial charge in [0.05, 0.1) is 22.8 Å². The van der Waals surface area contributed by atoms with Crippen LogP contribution in [-0.4, -0.2) is 48.4 Å². The van der Waals surface area contributed by atoms with Crippen LogP contribution in [0, 0.1) is 17.2 Å². The summed E-state index contributed by atoms with van der Waals surface area (Å²) < 4.78 is 42.2. The smallest absolute Gasteiger partial charge is 0.356 e. The third-order valence-corrected chi connectivity index (χ3v) is 8.23. The number of carbonyl (C=O) groups excluding carboxylic acids is 3. The number of nitrogens with zero attached hydrogens (tertiary/aromatic N) is 3. The molecule has 3 aromatic rings. The Balaban J connectivity index is 1.15. The molecule has 1 atom stereocenters. The molecule has 45 heavy (non-hydrogen) atoms. The molecule has 9 nitrogen and oxygen atoms in total. The Morgan fingerprint density at radius 1 is 1.09 bits per heavy atom. The first-order valence-corrected chi connectivity index (χ1v) is 14.9. The zero-order valence-electron chi connectivity index (χ0n) is 24.1. The SMILES string of the molecule is N#Cc1cc(CNCC2CCN(c3ncc(-c4cccc(Cl)c4)cc3C(F)(F)F)CC2)ccc1C(=O)NC1CCC(=O)NC1=O. The fraction of sp³-hybridized carbons (Fsp3) is 0.344. The Kier molecular flexibility index (Phi) is 9.70. The lowest BCUT2D eigenvalue weighted by Gasteiger charge is -2.34. The molecule has 2 aliphatic heterocycles. The third-order valence-electron chi connectivity index (χ3n) is 8.00. The Morgan fingerprint density at radius 2 is 1.87 bits per heavy atom. The molecule has 3 amide bonds. The number of anilines is 1. The van der Waals surface area contributed by atoms with Crippen molar-refractivity contribution < 1.29 is 27.6 Å². The van der Waals surface area contributed by atoms with Gasteiger partial charge < -0.3 is 15.5 Å².